The van der Waals surface area contributed by atoms with E-state index in [4.69, 9.17) is 4.52 Å². The summed E-state index contributed by atoms with van der Waals surface area (Å²) in [6.45, 7) is 4.70. The van der Waals surface area contributed by atoms with Crippen molar-refractivity contribution in [2.24, 2.45) is 0 Å². The Hall–Kier alpha value is -0.340. The Morgan fingerprint density at radius 2 is 2.00 bits per heavy atom. The average Bonchev–Trinajstić information content (AvgIpc) is 1.83. The monoisotopic (exact) mass is 180 g/mol. The van der Waals surface area contributed by atoms with Gasteiger partial charge in [-0.3, -0.25) is 4.57 Å². The molecule has 0 saturated heterocycles. The third-order valence-electron chi connectivity index (χ3n) is 0.799. The number of ether oxygens (including phenoxy) is 1. The zero-order chi connectivity index (χ0) is 8.91. The molecular formula is C6H13O4P. The molecule has 0 N–H and O–H groups in total. The molecule has 0 aliphatic heterocycles. The Labute approximate surface area is 66.3 Å². The predicted octanol–water partition coefficient (Wildman–Crippen LogP) is 1.10. The molecule has 0 fully saturated rings. The van der Waals surface area contributed by atoms with Crippen molar-refractivity contribution in [3.8, 4) is 0 Å². The first-order valence-electron chi connectivity index (χ1n) is 3.31. The summed E-state index contributed by atoms with van der Waals surface area (Å²) < 4.78 is 20.2. The molecule has 0 aromatic carbocycles. The average molecular weight is 180 g/mol. The molecule has 4 nitrogen and oxygen atoms in total. The first kappa shape index (κ1) is 10.7. The highest BCUT2D eigenvalue weighted by Crippen LogP contribution is 2.36. The number of carbonyl (C=O) groups is 1. The van der Waals surface area contributed by atoms with E-state index in [1.807, 2.05) is 0 Å². The van der Waals surface area contributed by atoms with Gasteiger partial charge in [0.1, 0.15) is 0 Å². The summed E-state index contributed by atoms with van der Waals surface area (Å²) in [6, 6.07) is 0. The summed E-state index contributed by atoms with van der Waals surface area (Å²) >= 11 is 0. The first-order valence-corrected chi connectivity index (χ1v) is 5.82. The minimum absolute atomic E-state index is 0.224. The lowest BCUT2D eigenvalue weighted by Gasteiger charge is -2.06. The Balaban J connectivity index is 3.55. The Morgan fingerprint density at radius 3 is 2.36 bits per heavy atom. The third kappa shape index (κ3) is 7.56. The van der Waals surface area contributed by atoms with Gasteiger partial charge in [0.2, 0.25) is 0 Å². The van der Waals surface area contributed by atoms with E-state index >= 15 is 0 Å². The van der Waals surface area contributed by atoms with Crippen LogP contribution in [0.3, 0.4) is 0 Å². The second-order valence-electron chi connectivity index (χ2n) is 2.33. The number of carbonyl (C=O) groups excluding carboxylic acids is 1. The van der Waals surface area contributed by atoms with E-state index in [1.165, 1.54) is 13.3 Å². The fourth-order valence-electron chi connectivity index (χ4n) is 0.411. The molecule has 0 bridgehead atoms. The maximum absolute atomic E-state index is 10.9. The van der Waals surface area contributed by atoms with Crippen molar-refractivity contribution in [3.05, 3.63) is 0 Å². The molecule has 0 atom stereocenters. The molecule has 0 aliphatic rings. The van der Waals surface area contributed by atoms with E-state index in [0.29, 0.717) is 6.61 Å². The van der Waals surface area contributed by atoms with Gasteiger partial charge in [0.15, 0.2) is 14.0 Å². The molecule has 0 rings (SSSR count). The molecule has 5 heteroatoms. The standard InChI is InChI=1S/C6H13O4P/c1-4-9-6(7)5-10-11(2,3)8/h4-5H2,1-3H3. The molecule has 0 aliphatic carbocycles. The zero-order valence-electron chi connectivity index (χ0n) is 6.99. The van der Waals surface area contributed by atoms with Crippen molar-refractivity contribution in [3.63, 3.8) is 0 Å². The Kier molecular flexibility index (Phi) is 4.38. The van der Waals surface area contributed by atoms with Crippen molar-refractivity contribution < 1.29 is 18.6 Å². The maximum Gasteiger partial charge on any atom is 0.332 e. The van der Waals surface area contributed by atoms with Crippen LogP contribution in [0.5, 0.6) is 0 Å². The lowest BCUT2D eigenvalue weighted by Crippen LogP contribution is -2.10. The normalized spacial score (nSPS) is 11.2. The number of hydrogen-bond donors (Lipinski definition) is 0. The van der Waals surface area contributed by atoms with Crippen molar-refractivity contribution in [1.82, 2.24) is 0 Å². The fraction of sp³-hybridized carbons (Fsp3) is 0.833. The van der Waals surface area contributed by atoms with Crippen LogP contribution in [0.2, 0.25) is 0 Å². The van der Waals surface area contributed by atoms with Gasteiger partial charge in [-0.25, -0.2) is 4.79 Å². The molecule has 11 heavy (non-hydrogen) atoms. The van der Waals surface area contributed by atoms with E-state index in [0.717, 1.165) is 0 Å². The van der Waals surface area contributed by atoms with E-state index in [-0.39, 0.29) is 6.61 Å². The van der Waals surface area contributed by atoms with E-state index < -0.39 is 13.3 Å². The summed E-state index contributed by atoms with van der Waals surface area (Å²) in [4.78, 5) is 10.6. The van der Waals surface area contributed by atoms with Crippen LogP contribution < -0.4 is 0 Å². The second-order valence-corrected chi connectivity index (χ2v) is 5.09. The highest BCUT2D eigenvalue weighted by molar-refractivity contribution is 7.57. The molecule has 66 valence electrons. The molecule has 0 amide bonds. The van der Waals surface area contributed by atoms with Crippen LogP contribution in [0, 0.1) is 0 Å². The van der Waals surface area contributed by atoms with Gasteiger partial charge in [-0.1, -0.05) is 0 Å². The van der Waals surface area contributed by atoms with Crippen molar-refractivity contribution in [1.29, 1.82) is 0 Å². The predicted molar refractivity (Wildman–Crippen MR) is 42.0 cm³/mol. The van der Waals surface area contributed by atoms with Crippen LogP contribution in [0.1, 0.15) is 6.92 Å². The molecular weight excluding hydrogens is 167 g/mol. The third-order valence-corrected chi connectivity index (χ3v) is 1.55. The number of esters is 1. The van der Waals surface area contributed by atoms with E-state index in [9.17, 15) is 9.36 Å². The summed E-state index contributed by atoms with van der Waals surface area (Å²) in [5, 5.41) is 0. The lowest BCUT2D eigenvalue weighted by molar-refractivity contribution is -0.145. The highest BCUT2D eigenvalue weighted by atomic mass is 31.2. The van der Waals surface area contributed by atoms with Crippen LogP contribution in [0.25, 0.3) is 0 Å². The Morgan fingerprint density at radius 1 is 1.45 bits per heavy atom. The van der Waals surface area contributed by atoms with Gasteiger partial charge in [-0.05, 0) is 6.92 Å². The minimum Gasteiger partial charge on any atom is -0.464 e. The summed E-state index contributed by atoms with van der Waals surface area (Å²) in [7, 11) is -2.54. The number of rotatable bonds is 4. The fourth-order valence-corrected chi connectivity index (χ4v) is 0.827. The number of hydrogen-bond acceptors (Lipinski definition) is 4. The molecule has 0 radical (unpaired) electrons. The highest BCUT2D eigenvalue weighted by Gasteiger charge is 2.10. The molecule has 0 heterocycles. The van der Waals surface area contributed by atoms with Gasteiger partial charge in [0, 0.05) is 13.3 Å². The second kappa shape index (κ2) is 4.52. The van der Waals surface area contributed by atoms with Crippen LogP contribution >= 0.6 is 7.37 Å². The van der Waals surface area contributed by atoms with E-state index in [2.05, 4.69) is 4.74 Å². The van der Waals surface area contributed by atoms with Gasteiger partial charge < -0.3 is 9.26 Å². The summed E-state index contributed by atoms with van der Waals surface area (Å²) in [6.07, 6.45) is 0. The van der Waals surface area contributed by atoms with Crippen molar-refractivity contribution in [2.45, 2.75) is 6.92 Å². The van der Waals surface area contributed by atoms with Crippen LogP contribution in [-0.4, -0.2) is 32.5 Å². The van der Waals surface area contributed by atoms with Gasteiger partial charge in [0.05, 0.1) is 6.61 Å². The van der Waals surface area contributed by atoms with Gasteiger partial charge in [0.25, 0.3) is 0 Å². The van der Waals surface area contributed by atoms with Crippen LogP contribution in [0.15, 0.2) is 0 Å². The Bertz CT molecular complexity index is 171. The molecule has 0 saturated carbocycles. The lowest BCUT2D eigenvalue weighted by atomic mass is 10.7. The van der Waals surface area contributed by atoms with E-state index in [1.54, 1.807) is 6.92 Å². The minimum atomic E-state index is -2.54. The summed E-state index contributed by atoms with van der Waals surface area (Å²) in [5.41, 5.74) is 0. The largest absolute Gasteiger partial charge is 0.464 e. The summed E-state index contributed by atoms with van der Waals surface area (Å²) in [5.74, 6) is -0.476. The topological polar surface area (TPSA) is 52.6 Å². The van der Waals surface area contributed by atoms with Gasteiger partial charge >= 0.3 is 5.97 Å². The van der Waals surface area contributed by atoms with Gasteiger partial charge in [-0.2, -0.15) is 0 Å². The van der Waals surface area contributed by atoms with Crippen LogP contribution in [0.4, 0.5) is 0 Å². The molecule has 0 spiro atoms. The first-order chi connectivity index (χ1) is 4.95. The van der Waals surface area contributed by atoms with Crippen molar-refractivity contribution in [2.75, 3.05) is 26.5 Å². The SMILES string of the molecule is CCOC(=O)COP(C)(C)=O. The van der Waals surface area contributed by atoms with Crippen LogP contribution in [-0.2, 0) is 18.6 Å². The molecule has 0 aromatic heterocycles. The maximum atomic E-state index is 10.9. The molecule has 0 unspecified atom stereocenters. The van der Waals surface area contributed by atoms with Crippen molar-refractivity contribution >= 4 is 13.3 Å². The quantitative estimate of drug-likeness (QED) is 0.480. The zero-order valence-corrected chi connectivity index (χ0v) is 7.89. The smallest absolute Gasteiger partial charge is 0.332 e. The van der Waals surface area contributed by atoms with Gasteiger partial charge in [-0.15, -0.1) is 0 Å². The molecule has 0 aromatic rings.